The fourth-order valence-corrected chi connectivity index (χ4v) is 2.28. The monoisotopic (exact) mass is 271 g/mol. The number of carbonyl (C=O) groups is 1. The van der Waals surface area contributed by atoms with Crippen molar-refractivity contribution in [2.45, 2.75) is 26.2 Å². The molecule has 104 valence electrons. The zero-order valence-corrected chi connectivity index (χ0v) is 11.4. The third-order valence-electron chi connectivity index (χ3n) is 3.38. The van der Waals surface area contributed by atoms with Crippen LogP contribution in [0.1, 0.15) is 35.4 Å². The van der Waals surface area contributed by atoms with Crippen LogP contribution in [0.4, 0.5) is 11.4 Å². The Balaban J connectivity index is 1.75. The normalized spacial score (nSPS) is 13.4. The van der Waals surface area contributed by atoms with Gasteiger partial charge in [-0.2, -0.15) is 0 Å². The molecule has 3 N–H and O–H groups in total. The minimum Gasteiger partial charge on any atom is -0.385 e. The van der Waals surface area contributed by atoms with Crippen molar-refractivity contribution in [3.8, 4) is 0 Å². The highest BCUT2D eigenvalue weighted by atomic mass is 16.2. The summed E-state index contributed by atoms with van der Waals surface area (Å²) in [6.45, 7) is 2.93. The maximum absolute atomic E-state index is 12.0. The van der Waals surface area contributed by atoms with Gasteiger partial charge >= 0.3 is 0 Å². The smallest absolute Gasteiger partial charge is 0.295 e. The van der Waals surface area contributed by atoms with Crippen molar-refractivity contribution in [3.63, 3.8) is 0 Å². The van der Waals surface area contributed by atoms with E-state index in [1.54, 1.807) is 0 Å². The molecule has 2 aromatic rings. The van der Waals surface area contributed by atoms with E-state index in [0.29, 0.717) is 5.82 Å². The highest BCUT2D eigenvalue weighted by Gasteiger charge is 2.14. The number of hydrogen-bond acceptors (Lipinski definition) is 4. The van der Waals surface area contributed by atoms with Crippen LogP contribution in [0, 0.1) is 0 Å². The second-order valence-electron chi connectivity index (χ2n) is 4.82. The molecule has 1 aliphatic heterocycles. The number of nitrogens with one attached hydrogen (secondary N) is 3. The highest BCUT2D eigenvalue weighted by Crippen LogP contribution is 2.25. The Hall–Kier alpha value is -2.37. The standard InChI is InChI=1S/C14H17N5O/c1-2-12-17-13(19-18-12)14(20)16-10-6-5-9-4-3-7-15-11(9)8-10/h5-6,8,15H,2-4,7H2,1H3,(H,16,20)(H,17,18,19). The SMILES string of the molecule is CCc1nc(C(=O)Nc2ccc3c(c2)NCCC3)n[nH]1. The lowest BCUT2D eigenvalue weighted by Crippen LogP contribution is -2.15. The number of H-pyrrole nitrogens is 1. The van der Waals surface area contributed by atoms with Gasteiger partial charge in [0.15, 0.2) is 0 Å². The maximum atomic E-state index is 12.0. The predicted octanol–water partition coefficient (Wildman–Crippen LogP) is 1.98. The first-order valence-electron chi connectivity index (χ1n) is 6.85. The molecule has 0 spiro atoms. The summed E-state index contributed by atoms with van der Waals surface area (Å²) in [6, 6.07) is 5.92. The quantitative estimate of drug-likeness (QED) is 0.797. The Morgan fingerprint density at radius 2 is 2.35 bits per heavy atom. The number of nitrogens with zero attached hydrogens (tertiary/aromatic N) is 2. The first kappa shape index (κ1) is 12.7. The van der Waals surface area contributed by atoms with Crippen LogP contribution in [0.15, 0.2) is 18.2 Å². The molecule has 0 saturated carbocycles. The molecule has 0 bridgehead atoms. The summed E-state index contributed by atoms with van der Waals surface area (Å²) in [5, 5.41) is 12.8. The first-order valence-corrected chi connectivity index (χ1v) is 6.85. The molecule has 0 radical (unpaired) electrons. The van der Waals surface area contributed by atoms with Gasteiger partial charge in [0.05, 0.1) is 0 Å². The number of carbonyl (C=O) groups excluding carboxylic acids is 1. The molecule has 1 aromatic heterocycles. The van der Waals surface area contributed by atoms with Gasteiger partial charge in [0.2, 0.25) is 5.82 Å². The van der Waals surface area contributed by atoms with Crippen molar-refractivity contribution in [3.05, 3.63) is 35.4 Å². The van der Waals surface area contributed by atoms with Crippen LogP contribution in [0.2, 0.25) is 0 Å². The molecule has 0 unspecified atom stereocenters. The van der Waals surface area contributed by atoms with Crippen LogP contribution >= 0.6 is 0 Å². The summed E-state index contributed by atoms with van der Waals surface area (Å²) in [5.74, 6) is 0.589. The molecule has 3 rings (SSSR count). The summed E-state index contributed by atoms with van der Waals surface area (Å²) in [4.78, 5) is 16.2. The van der Waals surface area contributed by atoms with Crippen molar-refractivity contribution in [2.24, 2.45) is 0 Å². The topological polar surface area (TPSA) is 82.7 Å². The first-order chi connectivity index (χ1) is 9.76. The number of benzene rings is 1. The van der Waals surface area contributed by atoms with E-state index >= 15 is 0 Å². The zero-order valence-electron chi connectivity index (χ0n) is 11.4. The van der Waals surface area contributed by atoms with Crippen LogP contribution in [0.5, 0.6) is 0 Å². The van der Waals surface area contributed by atoms with Gasteiger partial charge in [0.1, 0.15) is 5.82 Å². The molecule has 20 heavy (non-hydrogen) atoms. The highest BCUT2D eigenvalue weighted by molar-refractivity contribution is 6.01. The summed E-state index contributed by atoms with van der Waals surface area (Å²) in [7, 11) is 0. The number of aryl methyl sites for hydroxylation is 2. The minimum absolute atomic E-state index is 0.174. The molecule has 0 fully saturated rings. The third kappa shape index (κ3) is 2.49. The predicted molar refractivity (Wildman–Crippen MR) is 77.0 cm³/mol. The number of anilines is 2. The summed E-state index contributed by atoms with van der Waals surface area (Å²) < 4.78 is 0. The van der Waals surface area contributed by atoms with Crippen LogP contribution in [-0.2, 0) is 12.8 Å². The third-order valence-corrected chi connectivity index (χ3v) is 3.38. The summed E-state index contributed by atoms with van der Waals surface area (Å²) in [5.41, 5.74) is 3.14. The van der Waals surface area contributed by atoms with Gasteiger partial charge in [0, 0.05) is 24.3 Å². The van der Waals surface area contributed by atoms with Crippen molar-refractivity contribution in [2.75, 3.05) is 17.2 Å². The van der Waals surface area contributed by atoms with Gasteiger partial charge in [-0.1, -0.05) is 13.0 Å². The fourth-order valence-electron chi connectivity index (χ4n) is 2.28. The van der Waals surface area contributed by atoms with E-state index in [4.69, 9.17) is 0 Å². The fraction of sp³-hybridized carbons (Fsp3) is 0.357. The van der Waals surface area contributed by atoms with E-state index < -0.39 is 0 Å². The van der Waals surface area contributed by atoms with Crippen LogP contribution in [-0.4, -0.2) is 27.6 Å². The van der Waals surface area contributed by atoms with E-state index in [9.17, 15) is 4.79 Å². The van der Waals surface area contributed by atoms with Gasteiger partial charge in [-0.15, -0.1) is 5.10 Å². The van der Waals surface area contributed by atoms with Gasteiger partial charge in [-0.05, 0) is 30.5 Å². The van der Waals surface area contributed by atoms with Crippen molar-refractivity contribution in [1.29, 1.82) is 0 Å². The van der Waals surface area contributed by atoms with Gasteiger partial charge in [-0.3, -0.25) is 9.89 Å². The van der Waals surface area contributed by atoms with Crippen molar-refractivity contribution >= 4 is 17.3 Å². The second kappa shape index (κ2) is 5.32. The molecule has 2 heterocycles. The minimum atomic E-state index is -0.295. The van der Waals surface area contributed by atoms with Crippen molar-refractivity contribution in [1.82, 2.24) is 15.2 Å². The van der Waals surface area contributed by atoms with Crippen LogP contribution in [0.3, 0.4) is 0 Å². The second-order valence-corrected chi connectivity index (χ2v) is 4.82. The Morgan fingerprint density at radius 3 is 3.15 bits per heavy atom. The van der Waals surface area contributed by atoms with Crippen LogP contribution in [0.25, 0.3) is 0 Å². The number of fused-ring (bicyclic) bond motifs is 1. The van der Waals surface area contributed by atoms with E-state index in [2.05, 4.69) is 25.8 Å². The molecule has 0 atom stereocenters. The van der Waals surface area contributed by atoms with Gasteiger partial charge in [-0.25, -0.2) is 4.98 Å². The summed E-state index contributed by atoms with van der Waals surface area (Å²) >= 11 is 0. The Labute approximate surface area is 117 Å². The largest absolute Gasteiger partial charge is 0.385 e. The Morgan fingerprint density at radius 1 is 1.45 bits per heavy atom. The number of hydrogen-bond donors (Lipinski definition) is 3. The lowest BCUT2D eigenvalue weighted by atomic mass is 10.0. The summed E-state index contributed by atoms with van der Waals surface area (Å²) in [6.07, 6.45) is 2.95. The lowest BCUT2D eigenvalue weighted by Gasteiger charge is -2.18. The number of aromatic nitrogens is 3. The molecular weight excluding hydrogens is 254 g/mol. The number of aromatic amines is 1. The van der Waals surface area contributed by atoms with E-state index in [1.165, 1.54) is 5.56 Å². The average Bonchev–Trinajstić information content (AvgIpc) is 2.96. The van der Waals surface area contributed by atoms with Gasteiger partial charge < -0.3 is 10.6 Å². The molecule has 6 nitrogen and oxygen atoms in total. The molecule has 1 aromatic carbocycles. The molecular formula is C14H17N5O. The number of amides is 1. The lowest BCUT2D eigenvalue weighted by molar-refractivity contribution is 0.101. The Kier molecular flexibility index (Phi) is 3.37. The maximum Gasteiger partial charge on any atom is 0.295 e. The van der Waals surface area contributed by atoms with E-state index in [0.717, 1.165) is 37.2 Å². The molecule has 0 aliphatic carbocycles. The molecule has 1 aliphatic rings. The molecule has 6 heteroatoms. The molecule has 0 saturated heterocycles. The number of rotatable bonds is 3. The average molecular weight is 271 g/mol. The van der Waals surface area contributed by atoms with E-state index in [1.807, 2.05) is 25.1 Å². The van der Waals surface area contributed by atoms with Crippen molar-refractivity contribution < 1.29 is 4.79 Å². The van der Waals surface area contributed by atoms with Gasteiger partial charge in [0.25, 0.3) is 5.91 Å². The molecule has 1 amide bonds. The Bertz CT molecular complexity index is 634. The van der Waals surface area contributed by atoms with Crippen LogP contribution < -0.4 is 10.6 Å². The zero-order chi connectivity index (χ0) is 13.9. The van der Waals surface area contributed by atoms with E-state index in [-0.39, 0.29) is 11.7 Å².